The number of para-hydroxylation sites is 1. The number of likely N-dealkylation sites (tertiary alicyclic amines) is 1. The van der Waals surface area contributed by atoms with E-state index in [1.54, 1.807) is 0 Å². The number of nitrogens with one attached hydrogen (secondary N) is 1. The molecular weight excluding hydrogens is 284 g/mol. The Bertz CT molecular complexity index is 624. The molecule has 1 fully saturated rings. The highest BCUT2D eigenvalue weighted by atomic mass is 15.2. The van der Waals surface area contributed by atoms with Crippen molar-refractivity contribution >= 4 is 11.6 Å². The van der Waals surface area contributed by atoms with E-state index in [9.17, 15) is 0 Å². The molecule has 120 valence electrons. The molecule has 3 rings (SSSR count). The van der Waals surface area contributed by atoms with Crippen LogP contribution < -0.4 is 11.1 Å². The Morgan fingerprint density at radius 2 is 1.78 bits per heavy atom. The van der Waals surface area contributed by atoms with Crippen LogP contribution in [-0.4, -0.2) is 30.0 Å². The summed E-state index contributed by atoms with van der Waals surface area (Å²) >= 11 is 0. The third-order valence-electron chi connectivity index (χ3n) is 4.25. The second-order valence-corrected chi connectivity index (χ2v) is 5.97. The highest BCUT2D eigenvalue weighted by Crippen LogP contribution is 2.20. The maximum Gasteiger partial charge on any atom is 0.193 e. The first-order chi connectivity index (χ1) is 11.3. The molecule has 1 atom stereocenters. The Balaban J connectivity index is 1.55. The van der Waals surface area contributed by atoms with Gasteiger partial charge in [-0.2, -0.15) is 0 Å². The number of anilines is 1. The van der Waals surface area contributed by atoms with E-state index < -0.39 is 0 Å². The Kier molecular flexibility index (Phi) is 5.27. The maximum atomic E-state index is 6.00. The molecule has 0 amide bonds. The fourth-order valence-corrected chi connectivity index (χ4v) is 3.04. The quantitative estimate of drug-likeness (QED) is 0.659. The molecule has 1 aliphatic rings. The lowest BCUT2D eigenvalue weighted by Gasteiger charge is -2.23. The molecule has 23 heavy (non-hydrogen) atoms. The number of rotatable bonds is 5. The monoisotopic (exact) mass is 308 g/mol. The van der Waals surface area contributed by atoms with Crippen molar-refractivity contribution in [3.8, 4) is 0 Å². The molecule has 0 aliphatic carbocycles. The molecule has 0 spiro atoms. The van der Waals surface area contributed by atoms with E-state index in [0.717, 1.165) is 25.3 Å². The number of guanidine groups is 1. The number of hydrogen-bond acceptors (Lipinski definition) is 2. The number of benzene rings is 2. The zero-order chi connectivity index (χ0) is 15.9. The summed E-state index contributed by atoms with van der Waals surface area (Å²) < 4.78 is 0. The van der Waals surface area contributed by atoms with E-state index >= 15 is 0 Å². The number of aliphatic imine (C=N–C) groups is 1. The first-order valence-electron chi connectivity index (χ1n) is 8.21. The van der Waals surface area contributed by atoms with Gasteiger partial charge >= 0.3 is 0 Å². The van der Waals surface area contributed by atoms with Gasteiger partial charge in [0.25, 0.3) is 0 Å². The molecule has 1 saturated heterocycles. The van der Waals surface area contributed by atoms with Gasteiger partial charge in [-0.15, -0.1) is 0 Å². The van der Waals surface area contributed by atoms with Crippen LogP contribution in [0, 0.1) is 0 Å². The standard InChI is InChI=1S/C19H24N4/c20-19(22-17-10-5-2-6-11-17)21-14-18-12-7-13-23(18)15-16-8-3-1-4-9-16/h1-6,8-11,18H,7,12-15H2,(H3,20,21,22). The van der Waals surface area contributed by atoms with Gasteiger partial charge in [-0.3, -0.25) is 9.89 Å². The van der Waals surface area contributed by atoms with Crippen molar-refractivity contribution in [1.82, 2.24) is 4.90 Å². The van der Waals surface area contributed by atoms with Gasteiger partial charge < -0.3 is 11.1 Å². The molecule has 3 N–H and O–H groups in total. The first kappa shape index (κ1) is 15.6. The molecule has 1 unspecified atom stereocenters. The van der Waals surface area contributed by atoms with E-state index in [1.165, 1.54) is 18.4 Å². The van der Waals surface area contributed by atoms with Crippen molar-refractivity contribution in [3.05, 3.63) is 66.2 Å². The lowest BCUT2D eigenvalue weighted by atomic mass is 10.2. The van der Waals surface area contributed by atoms with E-state index in [4.69, 9.17) is 5.73 Å². The lowest BCUT2D eigenvalue weighted by Crippen LogP contribution is -2.33. The van der Waals surface area contributed by atoms with Crippen LogP contribution in [0.15, 0.2) is 65.7 Å². The van der Waals surface area contributed by atoms with Crippen LogP contribution in [0.5, 0.6) is 0 Å². The summed E-state index contributed by atoms with van der Waals surface area (Å²) in [5.74, 6) is 0.489. The third-order valence-corrected chi connectivity index (χ3v) is 4.25. The average molecular weight is 308 g/mol. The van der Waals surface area contributed by atoms with Crippen molar-refractivity contribution in [2.45, 2.75) is 25.4 Å². The molecule has 0 bridgehead atoms. The number of hydrogen-bond donors (Lipinski definition) is 2. The van der Waals surface area contributed by atoms with Gasteiger partial charge in [0.1, 0.15) is 0 Å². The minimum absolute atomic E-state index is 0.478. The number of nitrogens with two attached hydrogens (primary N) is 1. The molecule has 4 heteroatoms. The largest absolute Gasteiger partial charge is 0.370 e. The summed E-state index contributed by atoms with van der Waals surface area (Å²) in [6.07, 6.45) is 2.42. The van der Waals surface area contributed by atoms with Crippen molar-refractivity contribution < 1.29 is 0 Å². The van der Waals surface area contributed by atoms with Crippen LogP contribution in [0.2, 0.25) is 0 Å². The molecule has 1 aliphatic heterocycles. The summed E-state index contributed by atoms with van der Waals surface area (Å²) in [7, 11) is 0. The Labute approximate surface area is 138 Å². The molecule has 2 aromatic rings. The topological polar surface area (TPSA) is 53.6 Å². The van der Waals surface area contributed by atoms with Gasteiger partial charge in [0.2, 0.25) is 0 Å². The average Bonchev–Trinajstić information content (AvgIpc) is 3.02. The van der Waals surface area contributed by atoms with Gasteiger partial charge in [0, 0.05) is 18.3 Å². The van der Waals surface area contributed by atoms with Crippen molar-refractivity contribution in [3.63, 3.8) is 0 Å². The van der Waals surface area contributed by atoms with Crippen LogP contribution in [0.25, 0.3) is 0 Å². The Morgan fingerprint density at radius 3 is 2.52 bits per heavy atom. The summed E-state index contributed by atoms with van der Waals surface area (Å²) in [5, 5.41) is 3.14. The summed E-state index contributed by atoms with van der Waals surface area (Å²) in [6, 6.07) is 21.0. The van der Waals surface area contributed by atoms with Gasteiger partial charge in [0.15, 0.2) is 5.96 Å². The van der Waals surface area contributed by atoms with E-state index in [1.807, 2.05) is 30.3 Å². The Hall–Kier alpha value is -2.33. The van der Waals surface area contributed by atoms with Gasteiger partial charge in [-0.25, -0.2) is 0 Å². The fourth-order valence-electron chi connectivity index (χ4n) is 3.04. The fraction of sp³-hybridized carbons (Fsp3) is 0.316. The van der Waals surface area contributed by atoms with Crippen LogP contribution >= 0.6 is 0 Å². The summed E-state index contributed by atoms with van der Waals surface area (Å²) in [6.45, 7) is 2.88. The normalized spacial score (nSPS) is 19.0. The highest BCUT2D eigenvalue weighted by Gasteiger charge is 2.24. The summed E-state index contributed by atoms with van der Waals surface area (Å²) in [5.41, 5.74) is 8.34. The minimum atomic E-state index is 0.478. The SMILES string of the molecule is NC(=NCC1CCCN1Cc1ccccc1)Nc1ccccc1. The van der Waals surface area contributed by atoms with Crippen molar-refractivity contribution in [2.24, 2.45) is 10.7 Å². The van der Waals surface area contributed by atoms with Crippen LogP contribution in [0.1, 0.15) is 18.4 Å². The Morgan fingerprint density at radius 1 is 1.09 bits per heavy atom. The third kappa shape index (κ3) is 4.57. The molecule has 0 radical (unpaired) electrons. The molecule has 0 aromatic heterocycles. The van der Waals surface area contributed by atoms with Crippen LogP contribution in [-0.2, 0) is 6.54 Å². The predicted octanol–water partition coefficient (Wildman–Crippen LogP) is 3.08. The van der Waals surface area contributed by atoms with Crippen LogP contribution in [0.3, 0.4) is 0 Å². The lowest BCUT2D eigenvalue weighted by molar-refractivity contribution is 0.250. The zero-order valence-corrected chi connectivity index (χ0v) is 13.4. The van der Waals surface area contributed by atoms with Crippen molar-refractivity contribution in [2.75, 3.05) is 18.4 Å². The first-order valence-corrected chi connectivity index (χ1v) is 8.21. The van der Waals surface area contributed by atoms with E-state index in [2.05, 4.69) is 45.5 Å². The van der Waals surface area contributed by atoms with E-state index in [-0.39, 0.29) is 0 Å². The molecule has 4 nitrogen and oxygen atoms in total. The van der Waals surface area contributed by atoms with Gasteiger partial charge in [-0.1, -0.05) is 48.5 Å². The molecule has 1 heterocycles. The second-order valence-electron chi connectivity index (χ2n) is 5.97. The highest BCUT2D eigenvalue weighted by molar-refractivity contribution is 5.92. The van der Waals surface area contributed by atoms with Gasteiger partial charge in [0.05, 0.1) is 6.54 Å². The second kappa shape index (κ2) is 7.79. The summed E-state index contributed by atoms with van der Waals surface area (Å²) in [4.78, 5) is 7.04. The van der Waals surface area contributed by atoms with Gasteiger partial charge in [-0.05, 0) is 37.1 Å². The molecular formula is C19H24N4. The van der Waals surface area contributed by atoms with Crippen molar-refractivity contribution in [1.29, 1.82) is 0 Å². The van der Waals surface area contributed by atoms with E-state index in [0.29, 0.717) is 12.0 Å². The van der Waals surface area contributed by atoms with Crippen LogP contribution in [0.4, 0.5) is 5.69 Å². The molecule has 2 aromatic carbocycles. The predicted molar refractivity (Wildman–Crippen MR) is 96.4 cm³/mol. The minimum Gasteiger partial charge on any atom is -0.370 e. The number of nitrogens with zero attached hydrogens (tertiary/aromatic N) is 2. The smallest absolute Gasteiger partial charge is 0.193 e. The molecule has 0 saturated carbocycles. The maximum absolute atomic E-state index is 6.00. The zero-order valence-electron chi connectivity index (χ0n) is 13.4.